The standard InChI is InChI=1S/C18H21NO4S/c1-11-3-4-14-13(10-23-16(14)12(11)2)9-15(20)19-18(17(21)22)5-7-24-8-6-18/h3-4,10H,5-9H2,1-2H3,(H,19,20)(H,21,22). The molecule has 1 aromatic carbocycles. The molecule has 1 aliphatic heterocycles. The van der Waals surface area contributed by atoms with E-state index in [1.165, 1.54) is 0 Å². The molecule has 0 unspecified atom stereocenters. The number of hydrogen-bond acceptors (Lipinski definition) is 4. The predicted molar refractivity (Wildman–Crippen MR) is 94.5 cm³/mol. The van der Waals surface area contributed by atoms with Gasteiger partial charge in [0.1, 0.15) is 11.1 Å². The Hall–Kier alpha value is -1.95. The van der Waals surface area contributed by atoms with Crippen LogP contribution in [0, 0.1) is 13.8 Å². The van der Waals surface area contributed by atoms with Crippen LogP contribution in [0.5, 0.6) is 0 Å². The van der Waals surface area contributed by atoms with Gasteiger partial charge in [-0.25, -0.2) is 4.79 Å². The van der Waals surface area contributed by atoms with Gasteiger partial charge in [0.2, 0.25) is 5.91 Å². The van der Waals surface area contributed by atoms with E-state index >= 15 is 0 Å². The van der Waals surface area contributed by atoms with Crippen LogP contribution < -0.4 is 5.32 Å². The Kier molecular flexibility index (Phi) is 4.58. The van der Waals surface area contributed by atoms with E-state index in [4.69, 9.17) is 4.42 Å². The molecule has 0 bridgehead atoms. The number of aryl methyl sites for hydroxylation is 2. The van der Waals surface area contributed by atoms with Crippen LogP contribution in [-0.2, 0) is 16.0 Å². The van der Waals surface area contributed by atoms with Crippen LogP contribution in [0.25, 0.3) is 11.0 Å². The summed E-state index contributed by atoms with van der Waals surface area (Å²) in [5.74, 6) is 0.282. The van der Waals surface area contributed by atoms with Gasteiger partial charge in [0.15, 0.2) is 0 Å². The number of amides is 1. The van der Waals surface area contributed by atoms with E-state index in [9.17, 15) is 14.7 Å². The highest BCUT2D eigenvalue weighted by Gasteiger charge is 2.41. The lowest BCUT2D eigenvalue weighted by Gasteiger charge is -2.33. The number of benzene rings is 1. The number of nitrogens with one attached hydrogen (secondary N) is 1. The van der Waals surface area contributed by atoms with Crippen molar-refractivity contribution in [3.05, 3.63) is 35.1 Å². The number of carbonyl (C=O) groups excluding carboxylic acids is 1. The van der Waals surface area contributed by atoms with E-state index in [2.05, 4.69) is 5.32 Å². The maximum atomic E-state index is 12.5. The minimum atomic E-state index is -1.13. The van der Waals surface area contributed by atoms with Gasteiger partial charge in [-0.15, -0.1) is 0 Å². The summed E-state index contributed by atoms with van der Waals surface area (Å²) in [4.78, 5) is 24.1. The van der Waals surface area contributed by atoms with Gasteiger partial charge in [0.25, 0.3) is 0 Å². The van der Waals surface area contributed by atoms with E-state index in [0.29, 0.717) is 12.8 Å². The van der Waals surface area contributed by atoms with Gasteiger partial charge in [-0.05, 0) is 49.3 Å². The lowest BCUT2D eigenvalue weighted by atomic mass is 9.92. The minimum absolute atomic E-state index is 0.123. The van der Waals surface area contributed by atoms with Gasteiger partial charge in [0.05, 0.1) is 12.7 Å². The van der Waals surface area contributed by atoms with E-state index in [-0.39, 0.29) is 12.3 Å². The first-order chi connectivity index (χ1) is 11.4. The Morgan fingerprint density at radius 2 is 2.00 bits per heavy atom. The summed E-state index contributed by atoms with van der Waals surface area (Å²) in [5, 5.41) is 13.2. The number of carboxylic acid groups (broad SMARTS) is 1. The monoisotopic (exact) mass is 347 g/mol. The zero-order valence-electron chi connectivity index (χ0n) is 13.8. The van der Waals surface area contributed by atoms with Gasteiger partial charge in [0, 0.05) is 10.9 Å². The number of aliphatic carboxylic acids is 1. The maximum absolute atomic E-state index is 12.5. The molecular weight excluding hydrogens is 326 g/mol. The van der Waals surface area contributed by atoms with Crippen molar-refractivity contribution in [2.24, 2.45) is 0 Å². The molecular formula is C18H21NO4S. The Balaban J connectivity index is 1.80. The summed E-state index contributed by atoms with van der Waals surface area (Å²) in [7, 11) is 0. The lowest BCUT2D eigenvalue weighted by molar-refractivity contribution is -0.148. The van der Waals surface area contributed by atoms with E-state index in [1.807, 2.05) is 26.0 Å². The summed E-state index contributed by atoms with van der Waals surface area (Å²) in [5.41, 5.74) is 2.65. The number of thioether (sulfide) groups is 1. The molecule has 1 aromatic heterocycles. The maximum Gasteiger partial charge on any atom is 0.329 e. The number of carboxylic acids is 1. The smallest absolute Gasteiger partial charge is 0.329 e. The average Bonchev–Trinajstić information content (AvgIpc) is 2.95. The molecule has 1 saturated heterocycles. The molecule has 5 nitrogen and oxygen atoms in total. The van der Waals surface area contributed by atoms with Crippen LogP contribution in [0.2, 0.25) is 0 Å². The van der Waals surface area contributed by atoms with Crippen molar-refractivity contribution >= 4 is 34.6 Å². The highest BCUT2D eigenvalue weighted by Crippen LogP contribution is 2.29. The summed E-state index contributed by atoms with van der Waals surface area (Å²) < 4.78 is 5.62. The van der Waals surface area contributed by atoms with Gasteiger partial charge in [-0.3, -0.25) is 4.79 Å². The number of fused-ring (bicyclic) bond motifs is 1. The van der Waals surface area contributed by atoms with Gasteiger partial charge in [-0.1, -0.05) is 12.1 Å². The predicted octanol–water partition coefficient (Wildman–Crippen LogP) is 3.06. The summed E-state index contributed by atoms with van der Waals surface area (Å²) in [6, 6.07) is 3.96. The summed E-state index contributed by atoms with van der Waals surface area (Å²) in [6.45, 7) is 4.01. The molecule has 128 valence electrons. The lowest BCUT2D eigenvalue weighted by Crippen LogP contribution is -2.56. The quantitative estimate of drug-likeness (QED) is 0.888. The molecule has 3 rings (SSSR count). The number of carbonyl (C=O) groups is 2. The molecule has 1 amide bonds. The third-order valence-corrected chi connectivity index (χ3v) is 5.81. The molecule has 2 heterocycles. The van der Waals surface area contributed by atoms with Gasteiger partial charge < -0.3 is 14.8 Å². The van der Waals surface area contributed by atoms with Crippen LogP contribution in [-0.4, -0.2) is 34.0 Å². The molecule has 2 aromatic rings. The van der Waals surface area contributed by atoms with Gasteiger partial charge >= 0.3 is 5.97 Å². The van der Waals surface area contributed by atoms with Crippen molar-refractivity contribution in [1.82, 2.24) is 5.32 Å². The Morgan fingerprint density at radius 1 is 1.29 bits per heavy atom. The zero-order chi connectivity index (χ0) is 17.3. The molecule has 0 saturated carbocycles. The van der Waals surface area contributed by atoms with E-state index < -0.39 is 11.5 Å². The summed E-state index contributed by atoms with van der Waals surface area (Å²) >= 11 is 1.72. The number of hydrogen-bond donors (Lipinski definition) is 2. The largest absolute Gasteiger partial charge is 0.480 e. The second-order valence-corrected chi connectivity index (χ2v) is 7.59. The van der Waals surface area contributed by atoms with Crippen molar-refractivity contribution in [1.29, 1.82) is 0 Å². The highest BCUT2D eigenvalue weighted by molar-refractivity contribution is 7.99. The normalized spacial score (nSPS) is 16.9. The first-order valence-electron chi connectivity index (χ1n) is 8.01. The molecule has 6 heteroatoms. The van der Waals surface area contributed by atoms with Crippen LogP contribution in [0.4, 0.5) is 0 Å². The number of furan rings is 1. The van der Waals surface area contributed by atoms with Crippen molar-refractivity contribution in [3.63, 3.8) is 0 Å². The number of rotatable bonds is 4. The second kappa shape index (κ2) is 6.51. The third-order valence-electron chi connectivity index (χ3n) is 4.83. The molecule has 0 radical (unpaired) electrons. The fourth-order valence-corrected chi connectivity index (χ4v) is 4.31. The fourth-order valence-electron chi connectivity index (χ4n) is 3.12. The highest BCUT2D eigenvalue weighted by atomic mass is 32.2. The molecule has 1 aliphatic rings. The van der Waals surface area contributed by atoms with E-state index in [0.717, 1.165) is 39.2 Å². The molecule has 0 aliphatic carbocycles. The molecule has 2 N–H and O–H groups in total. The second-order valence-electron chi connectivity index (χ2n) is 6.37. The molecule has 0 atom stereocenters. The van der Waals surface area contributed by atoms with Crippen molar-refractivity contribution < 1.29 is 19.1 Å². The van der Waals surface area contributed by atoms with E-state index in [1.54, 1.807) is 18.0 Å². The van der Waals surface area contributed by atoms with Crippen LogP contribution in [0.1, 0.15) is 29.5 Å². The SMILES string of the molecule is Cc1ccc2c(CC(=O)NC3(C(=O)O)CCSCC3)coc2c1C. The Labute approximate surface area is 144 Å². The molecule has 24 heavy (non-hydrogen) atoms. The van der Waals surface area contributed by atoms with Gasteiger partial charge in [-0.2, -0.15) is 11.8 Å². The summed E-state index contributed by atoms with van der Waals surface area (Å²) in [6.07, 6.45) is 2.64. The molecule has 1 fully saturated rings. The van der Waals surface area contributed by atoms with Crippen molar-refractivity contribution in [2.45, 2.75) is 38.6 Å². The van der Waals surface area contributed by atoms with Crippen LogP contribution >= 0.6 is 11.8 Å². The Morgan fingerprint density at radius 3 is 2.67 bits per heavy atom. The average molecular weight is 347 g/mol. The first kappa shape index (κ1) is 16.9. The fraction of sp³-hybridized carbons (Fsp3) is 0.444. The molecule has 0 spiro atoms. The minimum Gasteiger partial charge on any atom is -0.480 e. The van der Waals surface area contributed by atoms with Crippen LogP contribution in [0.3, 0.4) is 0 Å². The topological polar surface area (TPSA) is 79.5 Å². The Bertz CT molecular complexity index is 790. The van der Waals surface area contributed by atoms with Crippen molar-refractivity contribution in [3.8, 4) is 0 Å². The third kappa shape index (κ3) is 3.02. The van der Waals surface area contributed by atoms with Crippen molar-refractivity contribution in [2.75, 3.05) is 11.5 Å². The first-order valence-corrected chi connectivity index (χ1v) is 9.17. The zero-order valence-corrected chi connectivity index (χ0v) is 14.7. The van der Waals surface area contributed by atoms with Crippen LogP contribution in [0.15, 0.2) is 22.8 Å².